The average molecular weight is 450 g/mol. The predicted molar refractivity (Wildman–Crippen MR) is 123 cm³/mol. The molecular formula is C25H31N5O3. The number of nitrogens with zero attached hydrogens (tertiary/aromatic N) is 4. The Bertz CT molecular complexity index is 1060. The Hall–Kier alpha value is -3.13. The first-order chi connectivity index (χ1) is 16.2. The molecule has 0 spiro atoms. The van der Waals surface area contributed by atoms with Crippen molar-refractivity contribution >= 4 is 5.91 Å². The summed E-state index contributed by atoms with van der Waals surface area (Å²) in [4.78, 5) is 17.2. The number of carbonyl (C=O) groups is 1. The number of hydrogen-bond donors (Lipinski definition) is 1. The second kappa shape index (κ2) is 9.79. The van der Waals surface area contributed by atoms with Crippen LogP contribution < -0.4 is 4.74 Å². The molecule has 0 unspecified atom stereocenters. The number of likely N-dealkylation sites (tertiary alicyclic amines) is 1. The third-order valence-corrected chi connectivity index (χ3v) is 6.60. The van der Waals surface area contributed by atoms with Crippen molar-refractivity contribution in [2.24, 2.45) is 5.92 Å². The van der Waals surface area contributed by atoms with Gasteiger partial charge in [-0.2, -0.15) is 5.10 Å². The number of aromatic nitrogens is 3. The van der Waals surface area contributed by atoms with Gasteiger partial charge in [-0.15, -0.1) is 0 Å². The lowest BCUT2D eigenvalue weighted by Gasteiger charge is -2.32. The van der Waals surface area contributed by atoms with Crippen molar-refractivity contribution < 1.29 is 14.1 Å². The van der Waals surface area contributed by atoms with E-state index in [2.05, 4.69) is 39.4 Å². The molecule has 1 N–H and O–H groups in total. The van der Waals surface area contributed by atoms with Gasteiger partial charge in [0.1, 0.15) is 12.0 Å². The number of nitrogens with one attached hydrogen (secondary N) is 1. The number of carbonyl (C=O) groups excluding carboxylic acids is 1. The second-order valence-electron chi connectivity index (χ2n) is 9.26. The zero-order valence-electron chi connectivity index (χ0n) is 19.1. The van der Waals surface area contributed by atoms with E-state index in [0.717, 1.165) is 81.0 Å². The number of fused-ring (bicyclic) bond motifs is 1. The molecule has 33 heavy (non-hydrogen) atoms. The third kappa shape index (κ3) is 5.11. The van der Waals surface area contributed by atoms with Gasteiger partial charge in [0.05, 0.1) is 12.3 Å². The van der Waals surface area contributed by atoms with E-state index in [4.69, 9.17) is 9.26 Å². The number of hydrogen-bond acceptors (Lipinski definition) is 6. The van der Waals surface area contributed by atoms with Crippen molar-refractivity contribution in [2.75, 3.05) is 26.7 Å². The highest BCUT2D eigenvalue weighted by Gasteiger charge is 2.30. The van der Waals surface area contributed by atoms with Gasteiger partial charge in [0.15, 0.2) is 5.69 Å². The number of H-pyrrole nitrogens is 1. The van der Waals surface area contributed by atoms with Crippen LogP contribution in [0, 0.1) is 5.92 Å². The van der Waals surface area contributed by atoms with Crippen LogP contribution in [0.4, 0.5) is 0 Å². The van der Waals surface area contributed by atoms with Gasteiger partial charge in [-0.05, 0) is 56.8 Å². The minimum Gasteiger partial charge on any atom is -0.493 e. The van der Waals surface area contributed by atoms with E-state index < -0.39 is 0 Å². The highest BCUT2D eigenvalue weighted by atomic mass is 16.5. The summed E-state index contributed by atoms with van der Waals surface area (Å²) in [6.45, 7) is 3.71. The van der Waals surface area contributed by atoms with Gasteiger partial charge in [0.25, 0.3) is 5.91 Å². The summed E-state index contributed by atoms with van der Waals surface area (Å²) in [5, 5.41) is 11.3. The van der Waals surface area contributed by atoms with E-state index >= 15 is 0 Å². The molecule has 2 aliphatic rings. The normalized spacial score (nSPS) is 18.0. The fraction of sp³-hybridized carbons (Fsp3) is 0.480. The summed E-state index contributed by atoms with van der Waals surface area (Å²) < 4.78 is 11.0. The number of amides is 1. The Morgan fingerprint density at radius 1 is 1.21 bits per heavy atom. The van der Waals surface area contributed by atoms with Crippen LogP contribution in [0.15, 0.2) is 41.1 Å². The number of rotatable bonds is 8. The molecule has 1 aliphatic carbocycles. The molecule has 8 nitrogen and oxygen atoms in total. The van der Waals surface area contributed by atoms with E-state index in [-0.39, 0.29) is 5.91 Å². The Kier molecular flexibility index (Phi) is 6.44. The van der Waals surface area contributed by atoms with Crippen LogP contribution in [-0.4, -0.2) is 57.8 Å². The van der Waals surface area contributed by atoms with Gasteiger partial charge in [0, 0.05) is 49.4 Å². The molecule has 5 rings (SSSR count). The van der Waals surface area contributed by atoms with Crippen molar-refractivity contribution in [3.05, 3.63) is 64.8 Å². The van der Waals surface area contributed by atoms with E-state index in [0.29, 0.717) is 18.2 Å². The van der Waals surface area contributed by atoms with Crippen LogP contribution in [0.5, 0.6) is 5.75 Å². The summed E-state index contributed by atoms with van der Waals surface area (Å²) >= 11 is 0. The summed E-state index contributed by atoms with van der Waals surface area (Å²) in [5.74, 6) is 1.27. The molecule has 8 heteroatoms. The Labute approximate surface area is 193 Å². The molecule has 1 fully saturated rings. The molecule has 174 valence electrons. The summed E-state index contributed by atoms with van der Waals surface area (Å²) in [6.07, 6.45) is 6.75. The van der Waals surface area contributed by atoms with Crippen molar-refractivity contribution in [3.8, 4) is 5.75 Å². The summed E-state index contributed by atoms with van der Waals surface area (Å²) in [7, 11) is 2.06. The topological polar surface area (TPSA) is 87.5 Å². The molecule has 0 bridgehead atoms. The molecule has 3 heterocycles. The minimum absolute atomic E-state index is 0.0678. The first kappa shape index (κ1) is 21.7. The van der Waals surface area contributed by atoms with Crippen molar-refractivity contribution in [3.63, 3.8) is 0 Å². The molecule has 2 aromatic heterocycles. The van der Waals surface area contributed by atoms with Crippen LogP contribution in [0.25, 0.3) is 0 Å². The molecule has 1 saturated heterocycles. The van der Waals surface area contributed by atoms with E-state index in [1.165, 1.54) is 5.56 Å². The maximum atomic E-state index is 13.1. The fourth-order valence-corrected chi connectivity index (χ4v) is 4.90. The predicted octanol–water partition coefficient (Wildman–Crippen LogP) is 3.45. The van der Waals surface area contributed by atoms with Crippen LogP contribution in [0.1, 0.15) is 52.3 Å². The van der Waals surface area contributed by atoms with Crippen molar-refractivity contribution in [1.29, 1.82) is 0 Å². The monoisotopic (exact) mass is 449 g/mol. The molecule has 0 radical (unpaired) electrons. The van der Waals surface area contributed by atoms with Gasteiger partial charge in [-0.1, -0.05) is 17.3 Å². The number of aryl methyl sites for hydroxylation is 1. The maximum absolute atomic E-state index is 13.1. The highest BCUT2D eigenvalue weighted by Crippen LogP contribution is 2.26. The number of ether oxygens (including phenoxy) is 1. The third-order valence-electron chi connectivity index (χ3n) is 6.60. The van der Waals surface area contributed by atoms with Crippen LogP contribution in [-0.2, 0) is 25.9 Å². The molecule has 1 atom stereocenters. The molecule has 1 amide bonds. The molecule has 0 saturated carbocycles. The highest BCUT2D eigenvalue weighted by molar-refractivity contribution is 5.94. The SMILES string of the molecule is CN(Cc1ccc(OC[C@H]2CCCN(C(=O)c3n[nH]c4c3CCC4)C2)cc1)Cc1ccon1. The summed E-state index contributed by atoms with van der Waals surface area (Å²) in [5.41, 5.74) is 5.05. The lowest BCUT2D eigenvalue weighted by molar-refractivity contribution is 0.0626. The second-order valence-corrected chi connectivity index (χ2v) is 9.26. The fourth-order valence-electron chi connectivity index (χ4n) is 4.90. The number of aromatic amines is 1. The lowest BCUT2D eigenvalue weighted by atomic mass is 9.98. The average Bonchev–Trinajstić information content (AvgIpc) is 3.57. The smallest absolute Gasteiger partial charge is 0.274 e. The van der Waals surface area contributed by atoms with Gasteiger partial charge < -0.3 is 14.2 Å². The van der Waals surface area contributed by atoms with Crippen LogP contribution >= 0.6 is 0 Å². The van der Waals surface area contributed by atoms with Gasteiger partial charge in [-0.3, -0.25) is 14.8 Å². The van der Waals surface area contributed by atoms with Crippen molar-refractivity contribution in [1.82, 2.24) is 25.2 Å². The maximum Gasteiger partial charge on any atom is 0.274 e. The molecule has 3 aromatic rings. The quantitative estimate of drug-likeness (QED) is 0.567. The van der Waals surface area contributed by atoms with E-state index in [1.807, 2.05) is 23.1 Å². The number of piperidine rings is 1. The van der Waals surface area contributed by atoms with Crippen LogP contribution in [0.2, 0.25) is 0 Å². The van der Waals surface area contributed by atoms with Gasteiger partial charge in [0.2, 0.25) is 0 Å². The first-order valence-electron chi connectivity index (χ1n) is 11.8. The molecule has 1 aromatic carbocycles. The zero-order valence-corrected chi connectivity index (χ0v) is 19.1. The van der Waals surface area contributed by atoms with Gasteiger partial charge >= 0.3 is 0 Å². The van der Waals surface area contributed by atoms with Gasteiger partial charge in [-0.25, -0.2) is 0 Å². The minimum atomic E-state index is 0.0678. The first-order valence-corrected chi connectivity index (χ1v) is 11.8. The van der Waals surface area contributed by atoms with Crippen LogP contribution in [0.3, 0.4) is 0 Å². The summed E-state index contributed by atoms with van der Waals surface area (Å²) in [6, 6.07) is 10.1. The van der Waals surface area contributed by atoms with E-state index in [1.54, 1.807) is 6.26 Å². The Morgan fingerprint density at radius 3 is 2.91 bits per heavy atom. The molecule has 1 aliphatic heterocycles. The number of benzene rings is 1. The molecular weight excluding hydrogens is 418 g/mol. The van der Waals surface area contributed by atoms with E-state index in [9.17, 15) is 4.79 Å². The largest absolute Gasteiger partial charge is 0.493 e. The zero-order chi connectivity index (χ0) is 22.6. The standard InChI is InChI=1S/C25H31N5O3/c1-29(16-20-11-13-33-28-20)14-18-7-9-21(10-8-18)32-17-19-4-3-12-30(15-19)25(31)24-22-5-2-6-23(22)26-27-24/h7-11,13,19H,2-6,12,14-17H2,1H3,(H,26,27)/t19-/m0/s1. The Balaban J connectivity index is 1.11. The lowest BCUT2D eigenvalue weighted by Crippen LogP contribution is -2.42. The Morgan fingerprint density at radius 2 is 2.09 bits per heavy atom. The van der Waals surface area contributed by atoms with Crippen molar-refractivity contribution in [2.45, 2.75) is 45.2 Å².